The lowest BCUT2D eigenvalue weighted by Crippen LogP contribution is -2.54. The van der Waals surface area contributed by atoms with Crippen molar-refractivity contribution in [2.45, 2.75) is 46.1 Å². The summed E-state index contributed by atoms with van der Waals surface area (Å²) in [6, 6.07) is 10.5. The number of piperidine rings is 1. The number of allylic oxidation sites excluding steroid dienone is 1. The van der Waals surface area contributed by atoms with Crippen LogP contribution in [0.15, 0.2) is 42.0 Å². The van der Waals surface area contributed by atoms with Crippen molar-refractivity contribution < 1.29 is 14.3 Å². The summed E-state index contributed by atoms with van der Waals surface area (Å²) in [6.45, 7) is 10.3. The summed E-state index contributed by atoms with van der Waals surface area (Å²) >= 11 is 0. The third-order valence-corrected chi connectivity index (χ3v) is 7.68. The number of benzene rings is 1. The Kier molecular flexibility index (Phi) is 6.12. The first-order chi connectivity index (χ1) is 14.0. The molecule has 2 heterocycles. The molecule has 0 saturated carbocycles. The van der Waals surface area contributed by atoms with Gasteiger partial charge in [0.2, 0.25) is 0 Å². The van der Waals surface area contributed by atoms with E-state index < -0.39 is 0 Å². The fourth-order valence-electron chi connectivity index (χ4n) is 5.76. The first-order valence-electron chi connectivity index (χ1n) is 11.2. The van der Waals surface area contributed by atoms with Gasteiger partial charge in [-0.1, -0.05) is 62.2 Å². The van der Waals surface area contributed by atoms with Gasteiger partial charge >= 0.3 is 5.97 Å². The van der Waals surface area contributed by atoms with Gasteiger partial charge in [-0.15, -0.1) is 0 Å². The Bertz CT molecular complexity index is 740. The predicted molar refractivity (Wildman–Crippen MR) is 114 cm³/mol. The van der Waals surface area contributed by atoms with E-state index in [1.165, 1.54) is 30.4 Å². The van der Waals surface area contributed by atoms with Crippen molar-refractivity contribution in [3.8, 4) is 0 Å². The minimum atomic E-state index is -0.146. The van der Waals surface area contributed by atoms with Gasteiger partial charge in [-0.3, -0.25) is 9.69 Å². The molecule has 2 saturated heterocycles. The number of ether oxygens (including phenoxy) is 2. The maximum absolute atomic E-state index is 12.6. The molecule has 2 aliphatic heterocycles. The molecule has 158 valence electrons. The molecule has 0 radical (unpaired) electrons. The van der Waals surface area contributed by atoms with Gasteiger partial charge in [-0.2, -0.15) is 0 Å². The Morgan fingerprint density at radius 1 is 1.17 bits per heavy atom. The Morgan fingerprint density at radius 2 is 1.90 bits per heavy atom. The van der Waals surface area contributed by atoms with Crippen LogP contribution >= 0.6 is 0 Å². The highest BCUT2D eigenvalue weighted by Crippen LogP contribution is 2.56. The first-order valence-corrected chi connectivity index (χ1v) is 11.2. The van der Waals surface area contributed by atoms with Crippen molar-refractivity contribution >= 4 is 5.97 Å². The largest absolute Gasteiger partial charge is 0.464 e. The minimum Gasteiger partial charge on any atom is -0.464 e. The lowest BCUT2D eigenvalue weighted by molar-refractivity contribution is -0.182. The molecule has 1 aliphatic carbocycles. The Labute approximate surface area is 175 Å². The molecule has 0 unspecified atom stereocenters. The number of carbonyl (C=O) groups excluding carboxylic acids is 1. The van der Waals surface area contributed by atoms with E-state index in [4.69, 9.17) is 9.47 Å². The molecule has 2 fully saturated rings. The molecule has 4 heteroatoms. The standard InChI is InChI=1S/C25H35NO3/c1-18-14-19(2)25(16-28-22(27)15-26-12-8-5-9-13-26)17-29-24(23(18)20(25)3)21-10-6-4-7-11-21/h4,6-7,10-11,14,19-20,23-24H,5,8-9,12-13,15-17H2,1-3H3/t19-,20+,23+,24-,25-/m0/s1. The highest BCUT2D eigenvalue weighted by atomic mass is 16.5. The molecular formula is C25H35NO3. The van der Waals surface area contributed by atoms with Gasteiger partial charge in [0.05, 0.1) is 25.9 Å². The molecule has 1 aromatic carbocycles. The van der Waals surface area contributed by atoms with Crippen molar-refractivity contribution in [1.29, 1.82) is 0 Å². The Balaban J connectivity index is 1.47. The monoisotopic (exact) mass is 397 g/mol. The fraction of sp³-hybridized carbons (Fsp3) is 0.640. The second-order valence-electron chi connectivity index (χ2n) is 9.39. The van der Waals surface area contributed by atoms with Crippen LogP contribution in [0.5, 0.6) is 0 Å². The van der Waals surface area contributed by atoms with Crippen LogP contribution in [0.4, 0.5) is 0 Å². The maximum atomic E-state index is 12.6. The fourth-order valence-corrected chi connectivity index (χ4v) is 5.76. The second kappa shape index (κ2) is 8.61. The number of esters is 1. The number of carbonyl (C=O) groups is 1. The second-order valence-corrected chi connectivity index (χ2v) is 9.39. The molecule has 0 spiro atoms. The SMILES string of the molecule is CC1=C[C@H](C)[C@]2(COC(=O)CN3CCCCC3)CO[C@@H](c3ccccc3)[C@H]1[C@H]2C. The lowest BCUT2D eigenvalue weighted by Gasteiger charge is -2.55. The topological polar surface area (TPSA) is 38.8 Å². The summed E-state index contributed by atoms with van der Waals surface area (Å²) in [5.74, 6) is 0.953. The zero-order chi connectivity index (χ0) is 20.4. The van der Waals surface area contributed by atoms with Crippen LogP contribution in [0.2, 0.25) is 0 Å². The molecule has 29 heavy (non-hydrogen) atoms. The van der Waals surface area contributed by atoms with Crippen molar-refractivity contribution in [2.24, 2.45) is 23.2 Å². The van der Waals surface area contributed by atoms with E-state index in [0.29, 0.717) is 37.5 Å². The van der Waals surface area contributed by atoms with Crippen molar-refractivity contribution in [2.75, 3.05) is 32.8 Å². The van der Waals surface area contributed by atoms with E-state index >= 15 is 0 Å². The first kappa shape index (κ1) is 20.6. The summed E-state index contributed by atoms with van der Waals surface area (Å²) in [4.78, 5) is 14.8. The summed E-state index contributed by atoms with van der Waals surface area (Å²) in [7, 11) is 0. The molecule has 2 bridgehead atoms. The molecule has 4 nitrogen and oxygen atoms in total. The number of hydrogen-bond acceptors (Lipinski definition) is 4. The molecule has 0 amide bonds. The smallest absolute Gasteiger partial charge is 0.320 e. The van der Waals surface area contributed by atoms with E-state index in [-0.39, 0.29) is 17.5 Å². The van der Waals surface area contributed by atoms with Gasteiger partial charge in [0.25, 0.3) is 0 Å². The summed E-state index contributed by atoms with van der Waals surface area (Å²) in [6.07, 6.45) is 6.11. The van der Waals surface area contributed by atoms with Crippen LogP contribution in [0.3, 0.4) is 0 Å². The molecule has 5 atom stereocenters. The van der Waals surface area contributed by atoms with E-state index in [2.05, 4.69) is 56.0 Å². The molecule has 0 N–H and O–H groups in total. The predicted octanol–water partition coefficient (Wildman–Crippen LogP) is 4.62. The average molecular weight is 398 g/mol. The van der Waals surface area contributed by atoms with Crippen LogP contribution in [0.1, 0.15) is 51.7 Å². The molecule has 4 rings (SSSR count). The van der Waals surface area contributed by atoms with Gasteiger partial charge in [0.15, 0.2) is 0 Å². The molecular weight excluding hydrogens is 362 g/mol. The van der Waals surface area contributed by atoms with Crippen molar-refractivity contribution in [3.63, 3.8) is 0 Å². The number of likely N-dealkylation sites (tertiary alicyclic amines) is 1. The third-order valence-electron chi connectivity index (χ3n) is 7.68. The quantitative estimate of drug-likeness (QED) is 0.537. The van der Waals surface area contributed by atoms with E-state index in [1.54, 1.807) is 0 Å². The van der Waals surface area contributed by atoms with Crippen LogP contribution in [0.25, 0.3) is 0 Å². The molecule has 3 aliphatic rings. The van der Waals surface area contributed by atoms with Gasteiger partial charge in [0, 0.05) is 11.3 Å². The summed E-state index contributed by atoms with van der Waals surface area (Å²) in [5, 5.41) is 0. The molecule has 0 aromatic heterocycles. The third kappa shape index (κ3) is 4.02. The zero-order valence-corrected chi connectivity index (χ0v) is 18.1. The van der Waals surface area contributed by atoms with Gasteiger partial charge in [-0.05, 0) is 50.3 Å². The lowest BCUT2D eigenvalue weighted by atomic mass is 9.56. The van der Waals surface area contributed by atoms with Crippen LogP contribution in [-0.2, 0) is 14.3 Å². The normalized spacial score (nSPS) is 35.1. The van der Waals surface area contributed by atoms with Crippen LogP contribution in [0, 0.1) is 23.2 Å². The van der Waals surface area contributed by atoms with E-state index in [9.17, 15) is 4.79 Å². The van der Waals surface area contributed by atoms with E-state index in [0.717, 1.165) is 13.1 Å². The number of fused-ring (bicyclic) bond motifs is 2. The maximum Gasteiger partial charge on any atom is 0.320 e. The number of rotatable bonds is 5. The summed E-state index contributed by atoms with van der Waals surface area (Å²) in [5.41, 5.74) is 2.49. The number of nitrogens with zero attached hydrogens (tertiary/aromatic N) is 1. The summed E-state index contributed by atoms with van der Waals surface area (Å²) < 4.78 is 12.4. The van der Waals surface area contributed by atoms with Gasteiger partial charge in [-0.25, -0.2) is 0 Å². The van der Waals surface area contributed by atoms with Gasteiger partial charge < -0.3 is 9.47 Å². The van der Waals surface area contributed by atoms with Crippen LogP contribution < -0.4 is 0 Å². The average Bonchev–Trinajstić information content (AvgIpc) is 2.73. The molecule has 1 aromatic rings. The highest BCUT2D eigenvalue weighted by Gasteiger charge is 2.54. The Hall–Kier alpha value is -1.65. The van der Waals surface area contributed by atoms with Crippen molar-refractivity contribution in [1.82, 2.24) is 4.90 Å². The minimum absolute atomic E-state index is 0.0760. The van der Waals surface area contributed by atoms with Crippen molar-refractivity contribution in [3.05, 3.63) is 47.5 Å². The highest BCUT2D eigenvalue weighted by molar-refractivity contribution is 5.71. The van der Waals surface area contributed by atoms with E-state index in [1.807, 2.05) is 6.07 Å². The van der Waals surface area contributed by atoms with Crippen LogP contribution in [-0.4, -0.2) is 43.7 Å². The zero-order valence-electron chi connectivity index (χ0n) is 18.1. The number of hydrogen-bond donors (Lipinski definition) is 0. The van der Waals surface area contributed by atoms with Gasteiger partial charge in [0.1, 0.15) is 0 Å². The Morgan fingerprint density at radius 3 is 2.62 bits per heavy atom.